The quantitative estimate of drug-likeness (QED) is 0.611. The van der Waals surface area contributed by atoms with Gasteiger partial charge >= 0.3 is 5.97 Å². The molecule has 3 aromatic carbocycles. The van der Waals surface area contributed by atoms with Crippen molar-refractivity contribution < 1.29 is 19.1 Å². The van der Waals surface area contributed by atoms with Crippen molar-refractivity contribution in [2.45, 2.75) is 25.3 Å². The molecular weight excluding hydrogens is 378 g/mol. The molecule has 0 N–H and O–H groups in total. The molecule has 5 rings (SSSR count). The van der Waals surface area contributed by atoms with Gasteiger partial charge in [0.1, 0.15) is 17.4 Å². The van der Waals surface area contributed by atoms with Crippen molar-refractivity contribution in [3.8, 4) is 11.5 Å². The fourth-order valence-electron chi connectivity index (χ4n) is 4.40. The van der Waals surface area contributed by atoms with Gasteiger partial charge in [-0.05, 0) is 37.1 Å². The molecule has 0 fully saturated rings. The summed E-state index contributed by atoms with van der Waals surface area (Å²) in [5, 5.41) is 0. The molecule has 0 saturated heterocycles. The van der Waals surface area contributed by atoms with Crippen LogP contribution in [0.25, 0.3) is 0 Å². The van der Waals surface area contributed by atoms with Gasteiger partial charge in [0.2, 0.25) is 0 Å². The molecule has 0 radical (unpaired) electrons. The highest BCUT2D eigenvalue weighted by atomic mass is 16.5. The molecule has 0 bridgehead atoms. The molecule has 150 valence electrons. The number of carbonyl (C=O) groups excluding carboxylic acids is 2. The Bertz CT molecular complexity index is 1090. The largest absolute Gasteiger partial charge is 0.457 e. The number of benzene rings is 3. The Kier molecular flexibility index (Phi) is 4.51. The topological polar surface area (TPSA) is 55.8 Å². The van der Waals surface area contributed by atoms with E-state index in [0.29, 0.717) is 11.5 Å². The molecular formula is C25H21NO4. The van der Waals surface area contributed by atoms with Crippen LogP contribution in [0.15, 0.2) is 72.8 Å². The summed E-state index contributed by atoms with van der Waals surface area (Å²) in [6.07, 6.45) is 0.802. The van der Waals surface area contributed by atoms with E-state index in [2.05, 4.69) is 0 Å². The maximum atomic E-state index is 13.1. The fraction of sp³-hybridized carbons (Fsp3) is 0.200. The summed E-state index contributed by atoms with van der Waals surface area (Å²) >= 11 is 0. The maximum Gasteiger partial charge on any atom is 0.318 e. The van der Waals surface area contributed by atoms with Crippen LogP contribution in [0, 0.1) is 0 Å². The number of fused-ring (bicyclic) bond motifs is 3. The molecule has 30 heavy (non-hydrogen) atoms. The Labute approximate surface area is 174 Å². The van der Waals surface area contributed by atoms with Gasteiger partial charge in [0.05, 0.1) is 0 Å². The number of amides is 1. The maximum absolute atomic E-state index is 13.1. The number of hydrogen-bond donors (Lipinski definition) is 0. The third-order valence-corrected chi connectivity index (χ3v) is 5.73. The van der Waals surface area contributed by atoms with Crippen molar-refractivity contribution in [2.75, 3.05) is 11.5 Å². The summed E-state index contributed by atoms with van der Waals surface area (Å²) in [7, 11) is 0. The van der Waals surface area contributed by atoms with Crippen LogP contribution in [0.2, 0.25) is 0 Å². The summed E-state index contributed by atoms with van der Waals surface area (Å²) in [6, 6.07) is 22.7. The van der Waals surface area contributed by atoms with Crippen LogP contribution >= 0.6 is 0 Å². The average Bonchev–Trinajstić information content (AvgIpc) is 3.11. The number of ether oxygens (including phenoxy) is 2. The van der Waals surface area contributed by atoms with Gasteiger partial charge in [-0.2, -0.15) is 0 Å². The van der Waals surface area contributed by atoms with Gasteiger partial charge in [-0.1, -0.05) is 54.6 Å². The molecule has 2 aliphatic heterocycles. The molecule has 5 nitrogen and oxygen atoms in total. The monoisotopic (exact) mass is 399 g/mol. The predicted octanol–water partition coefficient (Wildman–Crippen LogP) is 4.45. The summed E-state index contributed by atoms with van der Waals surface area (Å²) in [6.45, 7) is 1.71. The van der Waals surface area contributed by atoms with E-state index in [1.165, 1.54) is 0 Å². The SMILES string of the molecule is C[C@H]1Cc2ccccc2N1C(=O)COC(=O)C1c2ccccc2Oc2ccccc21. The lowest BCUT2D eigenvalue weighted by Gasteiger charge is -2.27. The van der Waals surface area contributed by atoms with Gasteiger partial charge in [0, 0.05) is 22.9 Å². The molecule has 0 aromatic heterocycles. The highest BCUT2D eigenvalue weighted by Crippen LogP contribution is 2.44. The Hall–Kier alpha value is -3.60. The molecule has 0 aliphatic carbocycles. The predicted molar refractivity (Wildman–Crippen MR) is 113 cm³/mol. The molecule has 0 spiro atoms. The van der Waals surface area contributed by atoms with Crippen LogP contribution in [0.1, 0.15) is 29.5 Å². The first kappa shape index (κ1) is 18.4. The molecule has 0 saturated carbocycles. The van der Waals surface area contributed by atoms with Gasteiger partial charge in [0.15, 0.2) is 6.61 Å². The van der Waals surface area contributed by atoms with Crippen LogP contribution in [0.4, 0.5) is 5.69 Å². The van der Waals surface area contributed by atoms with Crippen molar-refractivity contribution >= 4 is 17.6 Å². The first-order chi connectivity index (χ1) is 14.6. The highest BCUT2D eigenvalue weighted by Gasteiger charge is 2.35. The smallest absolute Gasteiger partial charge is 0.318 e. The van der Waals surface area contributed by atoms with E-state index in [9.17, 15) is 9.59 Å². The second-order valence-corrected chi connectivity index (χ2v) is 7.66. The number of anilines is 1. The number of esters is 1. The minimum Gasteiger partial charge on any atom is -0.457 e. The summed E-state index contributed by atoms with van der Waals surface area (Å²) in [5.41, 5.74) is 3.52. The molecule has 5 heteroatoms. The van der Waals surface area contributed by atoms with Gasteiger partial charge in [-0.15, -0.1) is 0 Å². The van der Waals surface area contributed by atoms with E-state index in [4.69, 9.17) is 9.47 Å². The minimum absolute atomic E-state index is 0.0399. The molecule has 3 aromatic rings. The zero-order chi connectivity index (χ0) is 20.7. The summed E-state index contributed by atoms with van der Waals surface area (Å²) in [5.74, 6) is -0.0264. The van der Waals surface area contributed by atoms with E-state index >= 15 is 0 Å². The summed E-state index contributed by atoms with van der Waals surface area (Å²) < 4.78 is 11.5. The Morgan fingerprint density at radius 2 is 1.53 bits per heavy atom. The Morgan fingerprint density at radius 3 is 2.23 bits per heavy atom. The number of hydrogen-bond acceptors (Lipinski definition) is 4. The van der Waals surface area contributed by atoms with Crippen LogP contribution < -0.4 is 9.64 Å². The van der Waals surface area contributed by atoms with E-state index in [0.717, 1.165) is 28.8 Å². The second kappa shape index (κ2) is 7.34. The van der Waals surface area contributed by atoms with Crippen molar-refractivity contribution in [2.24, 2.45) is 0 Å². The Morgan fingerprint density at radius 1 is 0.933 bits per heavy atom. The number of para-hydroxylation sites is 3. The third-order valence-electron chi connectivity index (χ3n) is 5.73. The number of carbonyl (C=O) groups is 2. The van der Waals surface area contributed by atoms with Gasteiger partial charge in [0.25, 0.3) is 5.91 Å². The van der Waals surface area contributed by atoms with Gasteiger partial charge < -0.3 is 14.4 Å². The summed E-state index contributed by atoms with van der Waals surface area (Å²) in [4.78, 5) is 27.8. The normalized spacial score (nSPS) is 16.8. The lowest BCUT2D eigenvalue weighted by Crippen LogP contribution is -2.39. The van der Waals surface area contributed by atoms with Gasteiger partial charge in [-0.3, -0.25) is 9.59 Å². The Balaban J connectivity index is 1.37. The first-order valence-electron chi connectivity index (χ1n) is 10.1. The molecule has 2 aliphatic rings. The first-order valence-corrected chi connectivity index (χ1v) is 10.1. The molecule has 2 heterocycles. The molecule has 0 unspecified atom stereocenters. The van der Waals surface area contributed by atoms with Gasteiger partial charge in [-0.25, -0.2) is 0 Å². The number of rotatable bonds is 3. The van der Waals surface area contributed by atoms with Crippen molar-refractivity contribution in [1.82, 2.24) is 0 Å². The van der Waals surface area contributed by atoms with Crippen LogP contribution in [-0.4, -0.2) is 24.5 Å². The average molecular weight is 399 g/mol. The third kappa shape index (κ3) is 3.03. The zero-order valence-corrected chi connectivity index (χ0v) is 16.6. The fourth-order valence-corrected chi connectivity index (χ4v) is 4.40. The number of nitrogens with zero attached hydrogens (tertiary/aromatic N) is 1. The molecule has 1 amide bonds. The van der Waals surface area contributed by atoms with Crippen LogP contribution in [-0.2, 0) is 20.7 Å². The van der Waals surface area contributed by atoms with Crippen molar-refractivity contribution in [3.05, 3.63) is 89.5 Å². The molecule has 1 atom stereocenters. The van der Waals surface area contributed by atoms with Crippen LogP contribution in [0.3, 0.4) is 0 Å². The minimum atomic E-state index is -0.623. The van der Waals surface area contributed by atoms with Crippen molar-refractivity contribution in [1.29, 1.82) is 0 Å². The second-order valence-electron chi connectivity index (χ2n) is 7.66. The van der Waals surface area contributed by atoms with E-state index in [1.807, 2.05) is 79.7 Å². The van der Waals surface area contributed by atoms with Crippen LogP contribution in [0.5, 0.6) is 11.5 Å². The van der Waals surface area contributed by atoms with Crippen molar-refractivity contribution in [3.63, 3.8) is 0 Å². The van der Waals surface area contributed by atoms with E-state index in [1.54, 1.807) is 4.90 Å². The highest BCUT2D eigenvalue weighted by molar-refractivity contribution is 5.98. The standard InChI is InChI=1S/C25H21NO4/c1-16-14-17-8-2-5-11-20(17)26(16)23(27)15-29-25(28)24-18-9-3-6-12-21(18)30-22-13-7-4-10-19(22)24/h2-13,16,24H,14-15H2,1H3/t16-/m0/s1. The zero-order valence-electron chi connectivity index (χ0n) is 16.6. The van der Waals surface area contributed by atoms with E-state index in [-0.39, 0.29) is 18.6 Å². The van der Waals surface area contributed by atoms with E-state index < -0.39 is 11.9 Å². The lowest BCUT2D eigenvalue weighted by molar-refractivity contribution is -0.148. The lowest BCUT2D eigenvalue weighted by atomic mass is 9.88.